The van der Waals surface area contributed by atoms with Crippen LogP contribution in [-0.4, -0.2) is 12.7 Å². The van der Waals surface area contributed by atoms with E-state index < -0.39 is 0 Å². The largest absolute Gasteiger partial charge is 0.378 e. The Hall–Kier alpha value is -0.0400. The highest BCUT2D eigenvalue weighted by atomic mass is 16.5. The van der Waals surface area contributed by atoms with Crippen LogP contribution in [-0.2, 0) is 4.74 Å². The van der Waals surface area contributed by atoms with E-state index in [-0.39, 0.29) is 0 Å². The summed E-state index contributed by atoms with van der Waals surface area (Å²) < 4.78 is 5.70. The van der Waals surface area contributed by atoms with Gasteiger partial charge in [0.25, 0.3) is 0 Å². The van der Waals surface area contributed by atoms with Crippen LogP contribution < -0.4 is 0 Å². The zero-order valence-electron chi connectivity index (χ0n) is 6.73. The zero-order valence-corrected chi connectivity index (χ0v) is 6.73. The zero-order chi connectivity index (χ0) is 7.03. The standard InChI is InChI=1S/C9H16O/c1-9-5-2-4-8(9)10-7-3-6-9/h8H,2-7H2,1H3. The molecule has 2 unspecified atom stereocenters. The van der Waals surface area contributed by atoms with Crippen molar-refractivity contribution >= 4 is 0 Å². The highest BCUT2D eigenvalue weighted by Crippen LogP contribution is 2.45. The molecule has 0 aromatic carbocycles. The van der Waals surface area contributed by atoms with Gasteiger partial charge in [-0.2, -0.15) is 0 Å². The lowest BCUT2D eigenvalue weighted by atomic mass is 9.80. The van der Waals surface area contributed by atoms with Gasteiger partial charge in [-0.15, -0.1) is 0 Å². The molecule has 0 bridgehead atoms. The summed E-state index contributed by atoms with van der Waals surface area (Å²) in [5.74, 6) is 0. The number of rotatable bonds is 0. The minimum Gasteiger partial charge on any atom is -0.378 e. The third-order valence-electron chi connectivity index (χ3n) is 3.20. The van der Waals surface area contributed by atoms with Crippen molar-refractivity contribution in [2.75, 3.05) is 6.61 Å². The molecule has 1 heterocycles. The molecule has 10 heavy (non-hydrogen) atoms. The van der Waals surface area contributed by atoms with Crippen molar-refractivity contribution in [1.82, 2.24) is 0 Å². The van der Waals surface area contributed by atoms with Gasteiger partial charge in [0.1, 0.15) is 0 Å². The second kappa shape index (κ2) is 2.23. The molecule has 1 saturated heterocycles. The summed E-state index contributed by atoms with van der Waals surface area (Å²) in [5, 5.41) is 0. The molecule has 1 heteroatoms. The van der Waals surface area contributed by atoms with E-state index in [1.807, 2.05) is 0 Å². The molecule has 0 aromatic heterocycles. The van der Waals surface area contributed by atoms with Gasteiger partial charge in [0, 0.05) is 6.61 Å². The molecule has 0 spiro atoms. The Balaban J connectivity index is 2.10. The van der Waals surface area contributed by atoms with E-state index in [9.17, 15) is 0 Å². The summed E-state index contributed by atoms with van der Waals surface area (Å²) in [5.41, 5.74) is 0.568. The topological polar surface area (TPSA) is 9.23 Å². The van der Waals surface area contributed by atoms with Crippen LogP contribution in [0.5, 0.6) is 0 Å². The second-order valence-electron chi connectivity index (χ2n) is 4.01. The predicted octanol–water partition coefficient (Wildman–Crippen LogP) is 2.36. The number of fused-ring (bicyclic) bond motifs is 1. The van der Waals surface area contributed by atoms with Crippen LogP contribution in [0.4, 0.5) is 0 Å². The molecule has 1 aliphatic carbocycles. The molecule has 0 amide bonds. The molecule has 1 aliphatic heterocycles. The first-order valence-corrected chi connectivity index (χ1v) is 4.43. The highest BCUT2D eigenvalue weighted by molar-refractivity contribution is 4.91. The monoisotopic (exact) mass is 140 g/mol. The summed E-state index contributed by atoms with van der Waals surface area (Å²) >= 11 is 0. The average molecular weight is 140 g/mol. The lowest BCUT2D eigenvalue weighted by Gasteiger charge is -2.35. The summed E-state index contributed by atoms with van der Waals surface area (Å²) in [6.07, 6.45) is 7.40. The lowest BCUT2D eigenvalue weighted by Crippen LogP contribution is -2.34. The van der Waals surface area contributed by atoms with E-state index in [0.717, 1.165) is 6.61 Å². The lowest BCUT2D eigenvalue weighted by molar-refractivity contribution is -0.0558. The summed E-state index contributed by atoms with van der Waals surface area (Å²) in [6, 6.07) is 0. The van der Waals surface area contributed by atoms with Crippen molar-refractivity contribution in [2.24, 2.45) is 5.41 Å². The predicted molar refractivity (Wildman–Crippen MR) is 40.9 cm³/mol. The van der Waals surface area contributed by atoms with E-state index in [0.29, 0.717) is 11.5 Å². The van der Waals surface area contributed by atoms with Crippen LogP contribution in [0.2, 0.25) is 0 Å². The number of hydrogen-bond acceptors (Lipinski definition) is 1. The Morgan fingerprint density at radius 3 is 2.90 bits per heavy atom. The van der Waals surface area contributed by atoms with E-state index in [2.05, 4.69) is 6.92 Å². The molecule has 0 aromatic rings. The number of ether oxygens (including phenoxy) is 1. The van der Waals surface area contributed by atoms with Gasteiger partial charge < -0.3 is 4.74 Å². The molecule has 1 nitrogen and oxygen atoms in total. The molecular weight excluding hydrogens is 124 g/mol. The van der Waals surface area contributed by atoms with Crippen molar-refractivity contribution in [3.8, 4) is 0 Å². The third-order valence-corrected chi connectivity index (χ3v) is 3.20. The Labute approximate surface area is 62.8 Å². The maximum Gasteiger partial charge on any atom is 0.0628 e. The first-order chi connectivity index (χ1) is 4.81. The third kappa shape index (κ3) is 0.878. The van der Waals surface area contributed by atoms with Crippen molar-refractivity contribution < 1.29 is 4.74 Å². The Morgan fingerprint density at radius 2 is 2.10 bits per heavy atom. The van der Waals surface area contributed by atoms with Gasteiger partial charge in [-0.25, -0.2) is 0 Å². The SMILES string of the molecule is CC12CCCOC1CCC2. The van der Waals surface area contributed by atoms with Gasteiger partial charge in [0.15, 0.2) is 0 Å². The van der Waals surface area contributed by atoms with Crippen LogP contribution in [0.3, 0.4) is 0 Å². The van der Waals surface area contributed by atoms with Crippen LogP contribution in [0.1, 0.15) is 39.0 Å². The molecule has 2 atom stereocenters. The first kappa shape index (κ1) is 6.66. The molecule has 0 radical (unpaired) electrons. The second-order valence-corrected chi connectivity index (χ2v) is 4.01. The van der Waals surface area contributed by atoms with Crippen LogP contribution in [0.15, 0.2) is 0 Å². The smallest absolute Gasteiger partial charge is 0.0628 e. The van der Waals surface area contributed by atoms with Gasteiger partial charge >= 0.3 is 0 Å². The summed E-state index contributed by atoms with van der Waals surface area (Å²) in [7, 11) is 0. The van der Waals surface area contributed by atoms with E-state index >= 15 is 0 Å². The Kier molecular flexibility index (Phi) is 1.48. The highest BCUT2D eigenvalue weighted by Gasteiger charge is 2.40. The van der Waals surface area contributed by atoms with E-state index in [1.54, 1.807) is 0 Å². The molecule has 2 aliphatic rings. The fourth-order valence-corrected chi connectivity index (χ4v) is 2.47. The molecule has 0 N–H and O–H groups in total. The Morgan fingerprint density at radius 1 is 1.30 bits per heavy atom. The van der Waals surface area contributed by atoms with Crippen LogP contribution in [0, 0.1) is 5.41 Å². The minimum absolute atomic E-state index is 0.568. The van der Waals surface area contributed by atoms with Crippen LogP contribution >= 0.6 is 0 Å². The average Bonchev–Trinajstić information content (AvgIpc) is 2.29. The maximum atomic E-state index is 5.70. The van der Waals surface area contributed by atoms with E-state index in [4.69, 9.17) is 4.74 Å². The van der Waals surface area contributed by atoms with Crippen molar-refractivity contribution in [3.63, 3.8) is 0 Å². The van der Waals surface area contributed by atoms with Crippen molar-refractivity contribution in [2.45, 2.75) is 45.1 Å². The molecule has 58 valence electrons. The van der Waals surface area contributed by atoms with Crippen LogP contribution in [0.25, 0.3) is 0 Å². The first-order valence-electron chi connectivity index (χ1n) is 4.43. The fraction of sp³-hybridized carbons (Fsp3) is 1.00. The van der Waals surface area contributed by atoms with Gasteiger partial charge in [-0.1, -0.05) is 13.3 Å². The summed E-state index contributed by atoms with van der Waals surface area (Å²) in [4.78, 5) is 0. The maximum absolute atomic E-state index is 5.70. The van der Waals surface area contributed by atoms with Gasteiger partial charge in [0.2, 0.25) is 0 Å². The normalized spacial score (nSPS) is 47.1. The fourth-order valence-electron chi connectivity index (χ4n) is 2.47. The van der Waals surface area contributed by atoms with Gasteiger partial charge in [-0.3, -0.25) is 0 Å². The van der Waals surface area contributed by atoms with Crippen molar-refractivity contribution in [1.29, 1.82) is 0 Å². The molecule has 1 saturated carbocycles. The van der Waals surface area contributed by atoms with Gasteiger partial charge in [-0.05, 0) is 31.1 Å². The molecule has 2 rings (SSSR count). The number of hydrogen-bond donors (Lipinski definition) is 0. The van der Waals surface area contributed by atoms with E-state index in [1.165, 1.54) is 32.1 Å². The molecule has 2 fully saturated rings. The quantitative estimate of drug-likeness (QED) is 0.502. The van der Waals surface area contributed by atoms with Gasteiger partial charge in [0.05, 0.1) is 6.10 Å². The molecular formula is C9H16O. The minimum atomic E-state index is 0.568. The Bertz CT molecular complexity index is 133. The van der Waals surface area contributed by atoms with Crippen molar-refractivity contribution in [3.05, 3.63) is 0 Å². The summed E-state index contributed by atoms with van der Waals surface area (Å²) in [6.45, 7) is 3.41.